The zero-order valence-corrected chi connectivity index (χ0v) is 18.4. The number of halogens is 1. The van der Waals surface area contributed by atoms with Gasteiger partial charge >= 0.3 is 0 Å². The number of carbonyl (C=O) groups is 2. The summed E-state index contributed by atoms with van der Waals surface area (Å²) in [5.41, 5.74) is 1.77. The summed E-state index contributed by atoms with van der Waals surface area (Å²) in [5.74, 6) is -0.0123. The minimum Gasteiger partial charge on any atom is -0.497 e. The molecule has 2 amide bonds. The summed E-state index contributed by atoms with van der Waals surface area (Å²) in [6.07, 6.45) is 3.46. The topological polar surface area (TPSA) is 58.6 Å². The molecule has 0 saturated heterocycles. The Labute approximate surface area is 186 Å². The fourth-order valence-electron chi connectivity index (χ4n) is 3.40. The minimum atomic E-state index is -0.666. The van der Waals surface area contributed by atoms with Gasteiger partial charge in [-0.05, 0) is 48.1 Å². The molecule has 0 aliphatic carbocycles. The van der Waals surface area contributed by atoms with Crippen molar-refractivity contribution in [3.8, 4) is 5.75 Å². The van der Waals surface area contributed by atoms with Crippen molar-refractivity contribution < 1.29 is 14.3 Å². The predicted molar refractivity (Wildman–Crippen MR) is 123 cm³/mol. The van der Waals surface area contributed by atoms with Crippen LogP contribution in [-0.2, 0) is 16.0 Å². The van der Waals surface area contributed by atoms with Gasteiger partial charge in [-0.25, -0.2) is 0 Å². The maximum atomic E-state index is 13.3. The van der Waals surface area contributed by atoms with Gasteiger partial charge < -0.3 is 10.1 Å². The van der Waals surface area contributed by atoms with E-state index in [2.05, 4.69) is 5.32 Å². The molecule has 7 heteroatoms. The molecule has 30 heavy (non-hydrogen) atoms. The highest BCUT2D eigenvalue weighted by Crippen LogP contribution is 2.33. The maximum absolute atomic E-state index is 13.3. The Balaban J connectivity index is 1.81. The van der Waals surface area contributed by atoms with Crippen LogP contribution >= 0.6 is 23.4 Å². The molecule has 2 aromatic rings. The van der Waals surface area contributed by atoms with E-state index in [0.29, 0.717) is 24.4 Å². The lowest BCUT2D eigenvalue weighted by Gasteiger charge is -2.34. The molecule has 1 aliphatic heterocycles. The largest absolute Gasteiger partial charge is 0.497 e. The van der Waals surface area contributed by atoms with Gasteiger partial charge in [0.2, 0.25) is 11.8 Å². The number of ether oxygens (including phenoxy) is 1. The van der Waals surface area contributed by atoms with E-state index in [1.54, 1.807) is 43.1 Å². The van der Waals surface area contributed by atoms with Gasteiger partial charge in [0.25, 0.3) is 0 Å². The number of thioether (sulfide) groups is 1. The third kappa shape index (κ3) is 5.58. The lowest BCUT2D eigenvalue weighted by Crippen LogP contribution is -2.55. The molecule has 2 atom stereocenters. The van der Waals surface area contributed by atoms with Crippen LogP contribution in [0.5, 0.6) is 5.75 Å². The monoisotopic (exact) mass is 444 g/mol. The van der Waals surface area contributed by atoms with E-state index in [-0.39, 0.29) is 22.9 Å². The molecule has 0 aromatic heterocycles. The van der Waals surface area contributed by atoms with E-state index >= 15 is 0 Å². The number of methoxy groups -OCH3 is 1. The second-order valence-corrected chi connectivity index (χ2v) is 8.27. The fourth-order valence-corrected chi connectivity index (χ4v) is 4.57. The number of hydrogen-bond acceptors (Lipinski definition) is 4. The van der Waals surface area contributed by atoms with Gasteiger partial charge in [0.05, 0.1) is 7.11 Å². The first kappa shape index (κ1) is 22.2. The number of rotatable bonds is 9. The Morgan fingerprint density at radius 3 is 2.53 bits per heavy atom. The smallest absolute Gasteiger partial charge is 0.244 e. The van der Waals surface area contributed by atoms with Crippen molar-refractivity contribution in [3.05, 3.63) is 71.6 Å². The van der Waals surface area contributed by atoms with Crippen LogP contribution in [0.25, 0.3) is 0 Å². The first-order valence-corrected chi connectivity index (χ1v) is 11.3. The first-order chi connectivity index (χ1) is 14.6. The summed E-state index contributed by atoms with van der Waals surface area (Å²) in [4.78, 5) is 27.6. The quantitative estimate of drug-likeness (QED) is 0.593. The average molecular weight is 445 g/mol. The number of anilines is 1. The van der Waals surface area contributed by atoms with Gasteiger partial charge in [0, 0.05) is 17.5 Å². The lowest BCUT2D eigenvalue weighted by molar-refractivity contribution is -0.125. The summed E-state index contributed by atoms with van der Waals surface area (Å²) in [7, 11) is 1.58. The summed E-state index contributed by atoms with van der Waals surface area (Å²) in [6, 6.07) is 16.4. The van der Waals surface area contributed by atoms with Crippen LogP contribution in [0.4, 0.5) is 5.69 Å². The van der Waals surface area contributed by atoms with Gasteiger partial charge in [-0.3, -0.25) is 14.5 Å². The number of hydrogen-bond donors (Lipinski definition) is 1. The van der Waals surface area contributed by atoms with E-state index in [0.717, 1.165) is 12.0 Å². The second kappa shape index (κ2) is 11.1. The van der Waals surface area contributed by atoms with Crippen LogP contribution < -0.4 is 15.0 Å². The van der Waals surface area contributed by atoms with Crippen molar-refractivity contribution in [2.75, 3.05) is 24.4 Å². The van der Waals surface area contributed by atoms with Gasteiger partial charge in [-0.1, -0.05) is 36.4 Å². The zero-order chi connectivity index (χ0) is 21.3. The predicted octanol–water partition coefficient (Wildman–Crippen LogP) is 4.01. The van der Waals surface area contributed by atoms with Crippen LogP contribution in [0.15, 0.2) is 66.1 Å². The fraction of sp³-hybridized carbons (Fsp3) is 0.304. The average Bonchev–Trinajstić information content (AvgIpc) is 3.32. The van der Waals surface area contributed by atoms with Gasteiger partial charge in [-0.15, -0.1) is 23.4 Å². The molecule has 0 spiro atoms. The summed E-state index contributed by atoms with van der Waals surface area (Å²) in [6.45, 7) is 0.496. The number of amides is 2. The highest BCUT2D eigenvalue weighted by Gasteiger charge is 2.38. The van der Waals surface area contributed by atoms with Crippen LogP contribution in [0.2, 0.25) is 0 Å². The molecule has 0 saturated carbocycles. The molecule has 0 bridgehead atoms. The lowest BCUT2D eigenvalue weighted by atomic mass is 10.1. The number of carbonyl (C=O) groups excluding carboxylic acids is 2. The second-order valence-electron chi connectivity index (χ2n) is 6.85. The van der Waals surface area contributed by atoms with Crippen LogP contribution in [0, 0.1) is 0 Å². The minimum absolute atomic E-state index is 0.0732. The van der Waals surface area contributed by atoms with Gasteiger partial charge in [0.15, 0.2) is 0 Å². The molecule has 3 rings (SSSR count). The van der Waals surface area contributed by atoms with Crippen molar-refractivity contribution in [1.82, 2.24) is 5.32 Å². The van der Waals surface area contributed by atoms with E-state index in [1.165, 1.54) is 4.90 Å². The molecular formula is C23H25ClN2O3S. The third-order valence-electron chi connectivity index (χ3n) is 4.91. The molecule has 2 unspecified atom stereocenters. The highest BCUT2D eigenvalue weighted by atomic mass is 35.5. The van der Waals surface area contributed by atoms with E-state index in [4.69, 9.17) is 16.3 Å². The SMILES string of the molecule is COc1ccc(N(C(=O)CCl)C(C(=O)NCCc2ccccc2)C2CC=CS2)cc1. The Hall–Kier alpha value is -2.44. The molecule has 2 aromatic carbocycles. The molecule has 1 heterocycles. The number of nitrogens with one attached hydrogen (secondary N) is 1. The summed E-state index contributed by atoms with van der Waals surface area (Å²) < 4.78 is 5.22. The van der Waals surface area contributed by atoms with Gasteiger partial charge in [-0.2, -0.15) is 0 Å². The molecule has 5 nitrogen and oxygen atoms in total. The standard InChI is InChI=1S/C23H25ClN2O3S/c1-29-19-11-9-18(10-12-19)26(21(27)16-24)22(20-8-5-15-30-20)23(28)25-14-13-17-6-3-2-4-7-17/h2-7,9-12,15,20,22H,8,13-14,16H2,1H3,(H,25,28). The molecule has 0 fully saturated rings. The molecule has 1 N–H and O–H groups in total. The number of allylic oxidation sites excluding steroid dienone is 1. The molecule has 1 aliphatic rings. The zero-order valence-electron chi connectivity index (χ0n) is 16.8. The Morgan fingerprint density at radius 1 is 1.20 bits per heavy atom. The number of nitrogens with zero attached hydrogens (tertiary/aromatic N) is 1. The van der Waals surface area contributed by atoms with Crippen molar-refractivity contribution in [2.24, 2.45) is 0 Å². The van der Waals surface area contributed by atoms with E-state index < -0.39 is 6.04 Å². The van der Waals surface area contributed by atoms with Gasteiger partial charge in [0.1, 0.15) is 17.7 Å². The van der Waals surface area contributed by atoms with Crippen LogP contribution in [0.3, 0.4) is 0 Å². The Bertz CT molecular complexity index is 866. The Morgan fingerprint density at radius 2 is 1.93 bits per heavy atom. The molecule has 0 radical (unpaired) electrons. The molecular weight excluding hydrogens is 420 g/mol. The van der Waals surface area contributed by atoms with Crippen LogP contribution in [0.1, 0.15) is 12.0 Å². The summed E-state index contributed by atoms with van der Waals surface area (Å²) >= 11 is 7.49. The maximum Gasteiger partial charge on any atom is 0.244 e. The van der Waals surface area contributed by atoms with Crippen molar-refractivity contribution in [1.29, 1.82) is 0 Å². The van der Waals surface area contributed by atoms with Crippen molar-refractivity contribution >= 4 is 40.9 Å². The normalized spacial score (nSPS) is 16.1. The van der Waals surface area contributed by atoms with Crippen LogP contribution in [-0.4, -0.2) is 42.6 Å². The van der Waals surface area contributed by atoms with Crippen molar-refractivity contribution in [2.45, 2.75) is 24.1 Å². The molecule has 158 valence electrons. The first-order valence-electron chi connectivity index (χ1n) is 9.78. The number of alkyl halides is 1. The highest BCUT2D eigenvalue weighted by molar-refractivity contribution is 8.03. The van der Waals surface area contributed by atoms with E-state index in [9.17, 15) is 9.59 Å². The van der Waals surface area contributed by atoms with E-state index in [1.807, 2.05) is 41.8 Å². The number of benzene rings is 2. The third-order valence-corrected chi connectivity index (χ3v) is 6.28. The Kier molecular flexibility index (Phi) is 8.22. The summed E-state index contributed by atoms with van der Waals surface area (Å²) in [5, 5.41) is 4.92. The van der Waals surface area contributed by atoms with Crippen molar-refractivity contribution in [3.63, 3.8) is 0 Å².